The Morgan fingerprint density at radius 2 is 1.68 bits per heavy atom. The average molecular weight is 445 g/mol. The van der Waals surface area contributed by atoms with Gasteiger partial charge in [0.2, 0.25) is 5.91 Å². The Hall–Kier alpha value is -2.53. The first-order valence-electron chi connectivity index (χ1n) is 10.8. The number of para-hydroxylation sites is 1. The van der Waals surface area contributed by atoms with Gasteiger partial charge in [-0.1, -0.05) is 62.7 Å². The Morgan fingerprint density at radius 1 is 1.03 bits per heavy atom. The monoisotopic (exact) mass is 444 g/mol. The fourth-order valence-corrected chi connectivity index (χ4v) is 3.52. The normalized spacial score (nSPS) is 12.0. The molecule has 2 aromatic carbocycles. The summed E-state index contributed by atoms with van der Waals surface area (Å²) in [6, 6.07) is 14.4. The molecule has 0 fully saturated rings. The van der Waals surface area contributed by atoms with E-state index < -0.39 is 6.04 Å². The summed E-state index contributed by atoms with van der Waals surface area (Å²) in [5, 5.41) is 3.55. The van der Waals surface area contributed by atoms with Gasteiger partial charge in [-0.3, -0.25) is 9.59 Å². The lowest BCUT2D eigenvalue weighted by Gasteiger charge is -2.31. The van der Waals surface area contributed by atoms with Gasteiger partial charge in [-0.2, -0.15) is 0 Å². The first-order valence-corrected chi connectivity index (χ1v) is 11.2. The molecule has 0 saturated carbocycles. The van der Waals surface area contributed by atoms with E-state index in [0.717, 1.165) is 11.1 Å². The molecule has 1 atom stereocenters. The molecule has 0 aliphatic carbocycles. The third-order valence-corrected chi connectivity index (χ3v) is 5.23. The largest absolute Gasteiger partial charge is 0.483 e. The van der Waals surface area contributed by atoms with Crippen LogP contribution in [-0.4, -0.2) is 35.4 Å². The Morgan fingerprint density at radius 3 is 2.26 bits per heavy atom. The molecule has 0 radical (unpaired) electrons. The summed E-state index contributed by atoms with van der Waals surface area (Å²) in [5.74, 6) is 0.565. The van der Waals surface area contributed by atoms with Gasteiger partial charge in [-0.15, -0.1) is 0 Å². The molecule has 2 aromatic rings. The second-order valence-electron chi connectivity index (χ2n) is 8.22. The first-order chi connectivity index (χ1) is 14.7. The van der Waals surface area contributed by atoms with Gasteiger partial charge in [0, 0.05) is 17.6 Å². The number of amides is 2. The van der Waals surface area contributed by atoms with E-state index in [2.05, 4.69) is 19.2 Å². The lowest BCUT2D eigenvalue weighted by Crippen LogP contribution is -2.51. The summed E-state index contributed by atoms with van der Waals surface area (Å²) in [7, 11) is 0. The van der Waals surface area contributed by atoms with E-state index in [1.807, 2.05) is 57.2 Å². The summed E-state index contributed by atoms with van der Waals surface area (Å²) in [6.07, 6.45) is 0.500. The van der Waals surface area contributed by atoms with Crippen LogP contribution in [0.4, 0.5) is 0 Å². The molecule has 1 N–H and O–H groups in total. The van der Waals surface area contributed by atoms with Crippen LogP contribution in [-0.2, 0) is 16.1 Å². The zero-order valence-corrected chi connectivity index (χ0v) is 19.8. The van der Waals surface area contributed by atoms with Crippen molar-refractivity contribution in [1.29, 1.82) is 0 Å². The lowest BCUT2D eigenvalue weighted by atomic mass is 10.0. The molecule has 2 amide bonds. The van der Waals surface area contributed by atoms with Gasteiger partial charge in [0.05, 0.1) is 0 Å². The van der Waals surface area contributed by atoms with Crippen molar-refractivity contribution in [1.82, 2.24) is 10.2 Å². The van der Waals surface area contributed by atoms with Crippen LogP contribution in [0.2, 0.25) is 5.02 Å². The molecule has 0 heterocycles. The minimum Gasteiger partial charge on any atom is -0.483 e. The summed E-state index contributed by atoms with van der Waals surface area (Å²) in [5.41, 5.74) is 1.94. The number of ether oxygens (including phenoxy) is 1. The number of hydrogen-bond acceptors (Lipinski definition) is 3. The summed E-state index contributed by atoms with van der Waals surface area (Å²) in [4.78, 5) is 27.7. The van der Waals surface area contributed by atoms with Crippen molar-refractivity contribution in [3.8, 4) is 5.75 Å². The second kappa shape index (κ2) is 11.8. The lowest BCUT2D eigenvalue weighted by molar-refractivity contribution is -0.143. The van der Waals surface area contributed by atoms with Crippen LogP contribution in [0.3, 0.4) is 0 Å². The van der Waals surface area contributed by atoms with Crippen molar-refractivity contribution in [3.63, 3.8) is 0 Å². The molecule has 0 aliphatic heterocycles. The van der Waals surface area contributed by atoms with Crippen LogP contribution in [0.15, 0.2) is 48.5 Å². The number of carbonyl (C=O) groups is 2. The molecular formula is C25H33ClN2O3. The van der Waals surface area contributed by atoms with Gasteiger partial charge >= 0.3 is 0 Å². The fourth-order valence-electron chi connectivity index (χ4n) is 3.40. The van der Waals surface area contributed by atoms with E-state index in [1.54, 1.807) is 17.0 Å². The van der Waals surface area contributed by atoms with Crippen molar-refractivity contribution in [2.45, 2.75) is 65.6 Å². The van der Waals surface area contributed by atoms with Crippen molar-refractivity contribution < 1.29 is 14.3 Å². The van der Waals surface area contributed by atoms with Crippen LogP contribution in [0.5, 0.6) is 5.75 Å². The standard InChI is InChI=1S/C25H33ClN2O3/c1-6-22(25(30)27-18(4)5)28(15-19-11-13-20(26)14-12-19)24(29)16-31-23-10-8-7-9-21(23)17(2)3/h7-14,17-18,22H,6,15-16H2,1-5H3,(H,27,30)/t22-/m0/s1. The fraction of sp³-hybridized carbons (Fsp3) is 0.440. The maximum Gasteiger partial charge on any atom is 0.261 e. The third-order valence-electron chi connectivity index (χ3n) is 4.98. The molecule has 0 unspecified atom stereocenters. The van der Waals surface area contributed by atoms with Gasteiger partial charge in [0.25, 0.3) is 5.91 Å². The number of hydrogen-bond donors (Lipinski definition) is 1. The topological polar surface area (TPSA) is 58.6 Å². The molecule has 5 nitrogen and oxygen atoms in total. The van der Waals surface area contributed by atoms with Gasteiger partial charge < -0.3 is 15.0 Å². The zero-order valence-electron chi connectivity index (χ0n) is 19.0. The molecule has 0 saturated heterocycles. The Balaban J connectivity index is 2.24. The second-order valence-corrected chi connectivity index (χ2v) is 8.65. The quantitative estimate of drug-likeness (QED) is 0.549. The highest BCUT2D eigenvalue weighted by molar-refractivity contribution is 6.30. The Bertz CT molecular complexity index is 865. The number of nitrogens with zero attached hydrogens (tertiary/aromatic N) is 1. The summed E-state index contributed by atoms with van der Waals surface area (Å²) >= 11 is 6.00. The Kier molecular flexibility index (Phi) is 9.38. The van der Waals surface area contributed by atoms with Crippen LogP contribution >= 0.6 is 11.6 Å². The molecular weight excluding hydrogens is 412 g/mol. The van der Waals surface area contributed by atoms with E-state index in [4.69, 9.17) is 16.3 Å². The van der Waals surface area contributed by atoms with Gasteiger partial charge in [-0.25, -0.2) is 0 Å². The average Bonchev–Trinajstić information content (AvgIpc) is 2.72. The molecule has 0 bridgehead atoms. The molecule has 0 aliphatic rings. The minimum absolute atomic E-state index is 0.0109. The highest BCUT2D eigenvalue weighted by atomic mass is 35.5. The number of halogens is 1. The van der Waals surface area contributed by atoms with Crippen molar-refractivity contribution in [2.75, 3.05) is 6.61 Å². The van der Waals surface area contributed by atoms with E-state index in [1.165, 1.54) is 0 Å². The molecule has 0 aromatic heterocycles. The van der Waals surface area contributed by atoms with Crippen LogP contribution in [0, 0.1) is 0 Å². The van der Waals surface area contributed by atoms with Crippen LogP contribution in [0.25, 0.3) is 0 Å². The predicted molar refractivity (Wildman–Crippen MR) is 125 cm³/mol. The van der Waals surface area contributed by atoms with E-state index in [9.17, 15) is 9.59 Å². The zero-order chi connectivity index (χ0) is 23.0. The molecule has 2 rings (SSSR count). The smallest absolute Gasteiger partial charge is 0.261 e. The molecule has 31 heavy (non-hydrogen) atoms. The highest BCUT2D eigenvalue weighted by Gasteiger charge is 2.29. The summed E-state index contributed by atoms with van der Waals surface area (Å²) in [6.45, 7) is 10.0. The number of nitrogens with one attached hydrogen (secondary N) is 1. The van der Waals surface area contributed by atoms with Crippen molar-refractivity contribution >= 4 is 23.4 Å². The maximum absolute atomic E-state index is 13.3. The van der Waals surface area contributed by atoms with Crippen LogP contribution < -0.4 is 10.1 Å². The number of benzene rings is 2. The van der Waals surface area contributed by atoms with E-state index >= 15 is 0 Å². The van der Waals surface area contributed by atoms with Gasteiger partial charge in [-0.05, 0) is 55.5 Å². The SMILES string of the molecule is CC[C@@H](C(=O)NC(C)C)N(Cc1ccc(Cl)cc1)C(=O)COc1ccccc1C(C)C. The maximum atomic E-state index is 13.3. The number of rotatable bonds is 10. The summed E-state index contributed by atoms with van der Waals surface area (Å²) < 4.78 is 5.91. The van der Waals surface area contributed by atoms with Crippen LogP contribution in [0.1, 0.15) is 58.1 Å². The van der Waals surface area contributed by atoms with Crippen molar-refractivity contribution in [2.24, 2.45) is 0 Å². The van der Waals surface area contributed by atoms with E-state index in [0.29, 0.717) is 23.7 Å². The van der Waals surface area contributed by atoms with Gasteiger partial charge in [0.1, 0.15) is 11.8 Å². The molecule has 168 valence electrons. The highest BCUT2D eigenvalue weighted by Crippen LogP contribution is 2.26. The molecule has 0 spiro atoms. The Labute approximate surface area is 190 Å². The van der Waals surface area contributed by atoms with E-state index in [-0.39, 0.29) is 30.4 Å². The van der Waals surface area contributed by atoms with Crippen molar-refractivity contribution in [3.05, 3.63) is 64.7 Å². The minimum atomic E-state index is -0.588. The predicted octanol–water partition coefficient (Wildman–Crippen LogP) is 5.17. The number of carbonyl (C=O) groups excluding carboxylic acids is 2. The third kappa shape index (κ3) is 7.28. The first kappa shape index (κ1) is 24.7. The molecule has 6 heteroatoms. The van der Waals surface area contributed by atoms with Gasteiger partial charge in [0.15, 0.2) is 6.61 Å².